The van der Waals surface area contributed by atoms with Crippen molar-refractivity contribution in [1.82, 2.24) is 14.5 Å². The van der Waals surface area contributed by atoms with E-state index in [4.69, 9.17) is 4.42 Å². The fourth-order valence-corrected chi connectivity index (χ4v) is 7.49. The van der Waals surface area contributed by atoms with Crippen LogP contribution in [0.3, 0.4) is 0 Å². The van der Waals surface area contributed by atoms with Crippen molar-refractivity contribution in [3.8, 4) is 50.5 Å². The Hall–Kier alpha value is -6.68. The molecule has 0 spiro atoms. The van der Waals surface area contributed by atoms with E-state index in [1.807, 2.05) is 72.8 Å². The Bertz CT molecular complexity index is 2840. The average molecular weight is 754 g/mol. The minimum absolute atomic E-state index is 0.399. The third-order valence-corrected chi connectivity index (χ3v) is 9.97. The molecule has 0 saturated heterocycles. The Kier molecular flexibility index (Phi) is 8.12. The Morgan fingerprint density at radius 2 is 1.11 bits per heavy atom. The molecule has 9 rings (SSSR count). The lowest BCUT2D eigenvalue weighted by Crippen LogP contribution is -2.05. The summed E-state index contributed by atoms with van der Waals surface area (Å²) in [4.78, 5) is 8.87. The number of pyridine rings is 1. The predicted molar refractivity (Wildman–Crippen MR) is 207 cm³/mol. The van der Waals surface area contributed by atoms with Gasteiger partial charge in [0.2, 0.25) is 5.89 Å². The van der Waals surface area contributed by atoms with E-state index in [0.717, 1.165) is 68.4 Å². The molecule has 0 bridgehead atoms. The second kappa shape index (κ2) is 13.0. The van der Waals surface area contributed by atoms with Crippen LogP contribution in [0.1, 0.15) is 22.3 Å². The van der Waals surface area contributed by atoms with Crippen LogP contribution in [0.4, 0.5) is 26.3 Å². The molecule has 6 aromatic carbocycles. The molecule has 0 aliphatic heterocycles. The summed E-state index contributed by atoms with van der Waals surface area (Å²) in [5, 5.41) is 1.45. The first-order valence-electron chi connectivity index (χ1n) is 17.7. The molecule has 0 fully saturated rings. The third kappa shape index (κ3) is 6.26. The van der Waals surface area contributed by atoms with E-state index in [2.05, 4.69) is 14.5 Å². The van der Waals surface area contributed by atoms with E-state index in [0.29, 0.717) is 50.5 Å². The van der Waals surface area contributed by atoms with Crippen LogP contribution < -0.4 is 0 Å². The fourth-order valence-electron chi connectivity index (χ4n) is 7.49. The maximum absolute atomic E-state index is 13.9. The van der Waals surface area contributed by atoms with Gasteiger partial charge in [-0.05, 0) is 132 Å². The molecule has 0 aliphatic rings. The van der Waals surface area contributed by atoms with Gasteiger partial charge in [0.05, 0.1) is 27.8 Å². The zero-order chi connectivity index (χ0) is 38.9. The van der Waals surface area contributed by atoms with Gasteiger partial charge < -0.3 is 8.98 Å². The highest BCUT2D eigenvalue weighted by atomic mass is 19.4. The van der Waals surface area contributed by atoms with Crippen LogP contribution >= 0.6 is 0 Å². The summed E-state index contributed by atoms with van der Waals surface area (Å²) in [6, 6.07) is 38.2. The van der Waals surface area contributed by atoms with Gasteiger partial charge in [-0.1, -0.05) is 54.6 Å². The SMILES string of the molecule is Cc1cc(-c2ccc3c(c2)c2cc(-c4cc(C)cc(C(F)(F)F)c4)ccc2n3-c2ccccc2-c2cccc(-c3nc4ncccc4o3)c2)cc(C(F)(F)F)c1. The van der Waals surface area contributed by atoms with Gasteiger partial charge in [0.25, 0.3) is 0 Å². The number of aryl methyl sites for hydroxylation is 2. The smallest absolute Gasteiger partial charge is 0.416 e. The molecule has 9 aromatic rings. The Morgan fingerprint density at radius 3 is 1.70 bits per heavy atom. The van der Waals surface area contributed by atoms with Crippen molar-refractivity contribution in [2.75, 3.05) is 0 Å². The molecule has 0 saturated carbocycles. The van der Waals surface area contributed by atoms with Crippen molar-refractivity contribution in [2.24, 2.45) is 0 Å². The topological polar surface area (TPSA) is 43.9 Å². The molecule has 276 valence electrons. The maximum atomic E-state index is 13.9. The Labute approximate surface area is 316 Å². The molecule has 56 heavy (non-hydrogen) atoms. The lowest BCUT2D eigenvalue weighted by atomic mass is 9.96. The van der Waals surface area contributed by atoms with E-state index < -0.39 is 23.5 Å². The number of halogens is 6. The van der Waals surface area contributed by atoms with Crippen molar-refractivity contribution in [1.29, 1.82) is 0 Å². The van der Waals surface area contributed by atoms with Crippen LogP contribution in [0.5, 0.6) is 0 Å². The number of hydrogen-bond acceptors (Lipinski definition) is 3. The van der Waals surface area contributed by atoms with Crippen LogP contribution in [-0.2, 0) is 12.4 Å². The highest BCUT2D eigenvalue weighted by Gasteiger charge is 2.32. The van der Waals surface area contributed by atoms with Crippen LogP contribution in [0.15, 0.2) is 144 Å². The van der Waals surface area contributed by atoms with Crippen molar-refractivity contribution in [2.45, 2.75) is 26.2 Å². The molecule has 0 radical (unpaired) electrons. The standard InChI is InChI=1S/C46H29F6N3O/c1-26-17-32(22-34(19-26)45(47,48)49)28-12-14-40-37(24-28)38-25-29(33-18-27(2)20-35(23-33)46(50,51)52)13-15-41(38)55(40)39-10-4-3-9-36(39)30-7-5-8-31(21-30)44-54-43-42(56-44)11-6-16-53-43/h3-25H,1-2H3. The summed E-state index contributed by atoms with van der Waals surface area (Å²) in [5.74, 6) is 0.421. The minimum Gasteiger partial charge on any atom is -0.434 e. The average Bonchev–Trinajstić information content (AvgIpc) is 3.76. The van der Waals surface area contributed by atoms with Gasteiger partial charge >= 0.3 is 12.4 Å². The molecule has 0 amide bonds. The first-order valence-corrected chi connectivity index (χ1v) is 17.7. The monoisotopic (exact) mass is 753 g/mol. The number of para-hydroxylation sites is 1. The molecule has 3 heterocycles. The quantitative estimate of drug-likeness (QED) is 0.164. The van der Waals surface area contributed by atoms with Crippen molar-refractivity contribution >= 4 is 33.0 Å². The zero-order valence-electron chi connectivity index (χ0n) is 29.8. The first kappa shape index (κ1) is 35.0. The van der Waals surface area contributed by atoms with Crippen LogP contribution in [-0.4, -0.2) is 14.5 Å². The lowest BCUT2D eigenvalue weighted by Gasteiger charge is -2.15. The first-order chi connectivity index (χ1) is 26.8. The molecular formula is C46H29F6N3O. The molecule has 3 aromatic heterocycles. The second-order valence-corrected chi connectivity index (χ2v) is 13.9. The Balaban J connectivity index is 1.27. The number of alkyl halides is 6. The molecular weight excluding hydrogens is 725 g/mol. The number of rotatable bonds is 5. The van der Waals surface area contributed by atoms with Gasteiger partial charge in [0.15, 0.2) is 11.2 Å². The maximum Gasteiger partial charge on any atom is 0.416 e. The van der Waals surface area contributed by atoms with E-state index in [9.17, 15) is 26.3 Å². The van der Waals surface area contributed by atoms with Crippen molar-refractivity contribution in [3.05, 3.63) is 162 Å². The highest BCUT2D eigenvalue weighted by molar-refractivity contribution is 6.12. The summed E-state index contributed by atoms with van der Waals surface area (Å²) in [6.07, 6.45) is -7.41. The number of oxazole rings is 1. The summed E-state index contributed by atoms with van der Waals surface area (Å²) in [6.45, 7) is 3.25. The van der Waals surface area contributed by atoms with Gasteiger partial charge in [0, 0.05) is 28.1 Å². The third-order valence-electron chi connectivity index (χ3n) is 9.97. The van der Waals surface area contributed by atoms with Gasteiger partial charge in [-0.2, -0.15) is 31.3 Å². The largest absolute Gasteiger partial charge is 0.434 e. The summed E-state index contributed by atoms with van der Waals surface area (Å²) < 4.78 is 91.6. The molecule has 10 heteroatoms. The second-order valence-electron chi connectivity index (χ2n) is 13.9. The fraction of sp³-hybridized carbons (Fsp3) is 0.0870. The summed E-state index contributed by atoms with van der Waals surface area (Å²) in [7, 11) is 0. The van der Waals surface area contributed by atoms with Gasteiger partial charge in [0.1, 0.15) is 0 Å². The van der Waals surface area contributed by atoms with Gasteiger partial charge in [-0.15, -0.1) is 0 Å². The summed E-state index contributed by atoms with van der Waals surface area (Å²) in [5.41, 5.74) is 7.27. The molecule has 0 N–H and O–H groups in total. The number of fused-ring (bicyclic) bond motifs is 4. The number of nitrogens with zero attached hydrogens (tertiary/aromatic N) is 3. The molecule has 0 aliphatic carbocycles. The summed E-state index contributed by atoms with van der Waals surface area (Å²) >= 11 is 0. The molecule has 0 unspecified atom stereocenters. The minimum atomic E-state index is -4.53. The van der Waals surface area contributed by atoms with E-state index >= 15 is 0 Å². The predicted octanol–water partition coefficient (Wildman–Crippen LogP) is 13.6. The number of hydrogen-bond donors (Lipinski definition) is 0. The van der Waals surface area contributed by atoms with Gasteiger partial charge in [-0.3, -0.25) is 0 Å². The lowest BCUT2D eigenvalue weighted by molar-refractivity contribution is -0.138. The van der Waals surface area contributed by atoms with E-state index in [1.54, 1.807) is 56.4 Å². The van der Waals surface area contributed by atoms with Gasteiger partial charge in [-0.25, -0.2) is 4.98 Å². The van der Waals surface area contributed by atoms with Crippen LogP contribution in [0.25, 0.3) is 83.6 Å². The Morgan fingerprint density at radius 1 is 0.518 bits per heavy atom. The van der Waals surface area contributed by atoms with Crippen molar-refractivity contribution in [3.63, 3.8) is 0 Å². The van der Waals surface area contributed by atoms with Crippen LogP contribution in [0, 0.1) is 13.8 Å². The van der Waals surface area contributed by atoms with Crippen molar-refractivity contribution < 1.29 is 30.8 Å². The number of aromatic nitrogens is 3. The zero-order valence-corrected chi connectivity index (χ0v) is 29.8. The highest BCUT2D eigenvalue weighted by Crippen LogP contribution is 2.42. The normalized spacial score (nSPS) is 12.3. The van der Waals surface area contributed by atoms with E-state index in [-0.39, 0.29) is 0 Å². The molecule has 0 atom stereocenters. The number of benzene rings is 6. The molecule has 4 nitrogen and oxygen atoms in total. The van der Waals surface area contributed by atoms with Crippen LogP contribution in [0.2, 0.25) is 0 Å². The van der Waals surface area contributed by atoms with E-state index in [1.165, 1.54) is 0 Å².